The molecule has 0 atom stereocenters. The second-order valence-corrected chi connectivity index (χ2v) is 16.2. The number of amides is 1. The molecule has 66 heavy (non-hydrogen) atoms. The summed E-state index contributed by atoms with van der Waals surface area (Å²) in [5.74, 6) is 0.0383. The molecule has 10 nitrogen and oxygen atoms in total. The summed E-state index contributed by atoms with van der Waals surface area (Å²) in [5.41, 5.74) is 16.5. The number of nitrogens with one attached hydrogen (secondary N) is 3. The maximum absolute atomic E-state index is 13.8. The summed E-state index contributed by atoms with van der Waals surface area (Å²) < 4.78 is 1.72. The third kappa shape index (κ3) is 7.88. The number of carbonyl (C=O) groups excluding carboxylic acids is 1. The highest BCUT2D eigenvalue weighted by molar-refractivity contribution is 6.03. The van der Waals surface area contributed by atoms with Crippen molar-refractivity contribution in [2.75, 3.05) is 5.32 Å². The van der Waals surface area contributed by atoms with Crippen molar-refractivity contribution in [3.8, 4) is 61.5 Å². The minimum absolute atomic E-state index is 0.125. The van der Waals surface area contributed by atoms with Gasteiger partial charge >= 0.3 is 0 Å². The Bertz CT molecular complexity index is 3480. The monoisotopic (exact) mass is 858 g/mol. The van der Waals surface area contributed by atoms with Gasteiger partial charge in [0.15, 0.2) is 0 Å². The van der Waals surface area contributed by atoms with Crippen molar-refractivity contribution >= 4 is 58.0 Å². The lowest BCUT2D eigenvalue weighted by atomic mass is 10.0. The number of aryl methyl sites for hydroxylation is 1. The van der Waals surface area contributed by atoms with Crippen molar-refractivity contribution in [2.24, 2.45) is 0 Å². The molecule has 0 saturated heterocycles. The minimum Gasteiger partial charge on any atom is -0.508 e. The molecule has 1 amide bonds. The number of carbonyl (C=O) groups is 1. The van der Waals surface area contributed by atoms with Crippen molar-refractivity contribution in [3.05, 3.63) is 193 Å². The van der Waals surface area contributed by atoms with E-state index in [2.05, 4.69) is 123 Å². The number of phenols is 1. The van der Waals surface area contributed by atoms with Gasteiger partial charge in [-0.2, -0.15) is 0 Å². The number of aromatic amines is 2. The lowest BCUT2D eigenvalue weighted by molar-refractivity contribution is -0.116. The first-order chi connectivity index (χ1) is 32.5. The van der Waals surface area contributed by atoms with Crippen LogP contribution in [0, 0.1) is 0 Å². The van der Waals surface area contributed by atoms with Crippen molar-refractivity contribution in [3.63, 3.8) is 0 Å². The second kappa shape index (κ2) is 17.3. The highest BCUT2D eigenvalue weighted by Gasteiger charge is 2.20. The lowest BCUT2D eigenvalue weighted by Crippen LogP contribution is -2.13. The maximum Gasteiger partial charge on any atom is 0.224 e. The summed E-state index contributed by atoms with van der Waals surface area (Å²) in [6.45, 7) is 0.498. The van der Waals surface area contributed by atoms with E-state index in [1.54, 1.807) is 22.9 Å². The van der Waals surface area contributed by atoms with E-state index in [1.807, 2.05) is 79.0 Å². The second-order valence-electron chi connectivity index (χ2n) is 16.2. The molecule has 0 fully saturated rings. The van der Waals surface area contributed by atoms with Gasteiger partial charge in [0.05, 0.1) is 29.0 Å². The molecule has 5 aromatic carbocycles. The van der Waals surface area contributed by atoms with E-state index in [9.17, 15) is 9.90 Å². The molecule has 4 N–H and O–H groups in total. The highest BCUT2D eigenvalue weighted by Crippen LogP contribution is 2.40. The Morgan fingerprint density at radius 3 is 1.53 bits per heavy atom. The van der Waals surface area contributed by atoms with Crippen LogP contribution < -0.4 is 5.32 Å². The number of rotatable bonds is 10. The van der Waals surface area contributed by atoms with Gasteiger partial charge in [-0.25, -0.2) is 9.97 Å². The first-order valence-electron chi connectivity index (χ1n) is 21.9. The van der Waals surface area contributed by atoms with Crippen LogP contribution in [0.5, 0.6) is 5.75 Å². The average Bonchev–Trinajstić information content (AvgIpc) is 4.22. The molecule has 8 bridgehead atoms. The Hall–Kier alpha value is -8.89. The number of hydrogen-bond acceptors (Lipinski definition) is 6. The molecule has 9 aromatic rings. The molecule has 2 aliphatic heterocycles. The van der Waals surface area contributed by atoms with Gasteiger partial charge in [0.1, 0.15) is 11.4 Å². The number of anilines is 1. The van der Waals surface area contributed by atoms with E-state index in [0.29, 0.717) is 24.3 Å². The SMILES string of the molecule is O=C(CCCn1cc(-c2cccc(O)c2)nn1)Nc1ccccc1-c1c2nc(c(-c3ccccc3)c3ccc([nH]3)c(-c3ccccc3)c3nc(c(-c4ccccc4)c4ccc1[nH]4)C=C3)C=C2. The van der Waals surface area contributed by atoms with Gasteiger partial charge in [-0.1, -0.05) is 127 Å². The van der Waals surface area contributed by atoms with Crippen LogP contribution in [0.4, 0.5) is 5.69 Å². The molecule has 318 valence electrons. The summed E-state index contributed by atoms with van der Waals surface area (Å²) >= 11 is 0. The molecule has 0 spiro atoms. The van der Waals surface area contributed by atoms with Crippen LogP contribution in [0.3, 0.4) is 0 Å². The van der Waals surface area contributed by atoms with Crippen molar-refractivity contribution < 1.29 is 9.90 Å². The van der Waals surface area contributed by atoms with Gasteiger partial charge in [-0.3, -0.25) is 9.48 Å². The van der Waals surface area contributed by atoms with Gasteiger partial charge in [0, 0.05) is 74.1 Å². The smallest absolute Gasteiger partial charge is 0.224 e. The Morgan fingerprint density at radius 1 is 0.530 bits per heavy atom. The van der Waals surface area contributed by atoms with Crippen LogP contribution >= 0.6 is 0 Å². The average molecular weight is 859 g/mol. The third-order valence-electron chi connectivity index (χ3n) is 11.9. The zero-order chi connectivity index (χ0) is 44.4. The van der Waals surface area contributed by atoms with Gasteiger partial charge < -0.3 is 20.4 Å². The summed E-state index contributed by atoms with van der Waals surface area (Å²) in [6.07, 6.45) is 11.0. The van der Waals surface area contributed by atoms with E-state index >= 15 is 0 Å². The molecule has 0 unspecified atom stereocenters. The summed E-state index contributed by atoms with van der Waals surface area (Å²) in [5, 5.41) is 21.7. The van der Waals surface area contributed by atoms with E-state index < -0.39 is 0 Å². The van der Waals surface area contributed by atoms with Crippen LogP contribution in [0.15, 0.2) is 170 Å². The van der Waals surface area contributed by atoms with Crippen LogP contribution in [-0.2, 0) is 11.3 Å². The summed E-state index contributed by atoms with van der Waals surface area (Å²) in [4.78, 5) is 32.2. The van der Waals surface area contributed by atoms with Crippen molar-refractivity contribution in [1.82, 2.24) is 34.9 Å². The van der Waals surface area contributed by atoms with Crippen molar-refractivity contribution in [1.29, 1.82) is 0 Å². The fraction of sp³-hybridized carbons (Fsp3) is 0.0536. The zero-order valence-corrected chi connectivity index (χ0v) is 35.7. The number of aromatic hydroxyl groups is 1. The molecule has 11 rings (SSSR count). The molecule has 2 aliphatic rings. The molecule has 6 heterocycles. The molecular weight excluding hydrogens is 817 g/mol. The number of benzene rings is 5. The largest absolute Gasteiger partial charge is 0.508 e. The van der Waals surface area contributed by atoms with Gasteiger partial charge in [-0.15, -0.1) is 5.10 Å². The summed E-state index contributed by atoms with van der Waals surface area (Å²) in [6, 6.07) is 54.3. The topological polar surface area (TPSA) is 137 Å². The van der Waals surface area contributed by atoms with E-state index in [4.69, 9.17) is 9.97 Å². The fourth-order valence-electron chi connectivity index (χ4n) is 8.84. The molecule has 0 saturated carbocycles. The third-order valence-corrected chi connectivity index (χ3v) is 11.9. The Balaban J connectivity index is 1.07. The molecule has 0 radical (unpaired) electrons. The van der Waals surface area contributed by atoms with Crippen molar-refractivity contribution in [2.45, 2.75) is 19.4 Å². The molecule has 4 aromatic heterocycles. The first kappa shape index (κ1) is 39.9. The van der Waals surface area contributed by atoms with Crippen LogP contribution in [0.25, 0.3) is 102 Å². The van der Waals surface area contributed by atoms with Gasteiger partial charge in [0.2, 0.25) is 5.91 Å². The zero-order valence-electron chi connectivity index (χ0n) is 35.7. The van der Waals surface area contributed by atoms with Crippen LogP contribution in [-0.4, -0.2) is 45.9 Å². The number of hydrogen-bond donors (Lipinski definition) is 4. The molecular formula is C56H42N8O2. The van der Waals surface area contributed by atoms with E-state index in [1.165, 1.54) is 0 Å². The predicted molar refractivity (Wildman–Crippen MR) is 266 cm³/mol. The van der Waals surface area contributed by atoms with Crippen LogP contribution in [0.2, 0.25) is 0 Å². The van der Waals surface area contributed by atoms with Gasteiger partial charge in [0.25, 0.3) is 0 Å². The quantitative estimate of drug-likeness (QED) is 0.108. The van der Waals surface area contributed by atoms with Gasteiger partial charge in [-0.05, 0) is 89.9 Å². The number of H-pyrrole nitrogens is 2. The Morgan fingerprint density at radius 2 is 1.00 bits per heavy atom. The minimum atomic E-state index is -0.125. The number of nitrogens with zero attached hydrogens (tertiary/aromatic N) is 5. The standard InChI is InChI=1S/C56H42N8O2/c65-40-21-12-20-39(34-40)51-35-64(63-62-51)33-13-24-52(66)61-42-23-11-10-22-41(42)56-49-31-29-47(59-49)54(37-16-6-2-7-17-37)45-27-25-43(57-45)53(36-14-4-1-5-15-36)44-26-28-46(58-44)55(38-18-8-3-9-19-38)48-30-32-50(56)60-48/h1-12,14-23,25-32,34-35,57,60,65H,13,24,33H2,(H,61,66). The fourth-order valence-corrected chi connectivity index (χ4v) is 8.84. The normalized spacial score (nSPS) is 11.8. The lowest BCUT2D eigenvalue weighted by Gasteiger charge is -2.13. The van der Waals surface area contributed by atoms with Crippen LogP contribution in [0.1, 0.15) is 35.6 Å². The first-order valence-corrected chi connectivity index (χ1v) is 21.9. The Labute approximate surface area is 380 Å². The van der Waals surface area contributed by atoms with E-state index in [0.717, 1.165) is 94.9 Å². The summed E-state index contributed by atoms with van der Waals surface area (Å²) in [7, 11) is 0. The Kier molecular flexibility index (Phi) is 10.5. The highest BCUT2D eigenvalue weighted by atomic mass is 16.3. The predicted octanol–water partition coefficient (Wildman–Crippen LogP) is 12.7. The molecule has 10 heteroatoms. The molecule has 0 aliphatic carbocycles. The number of phenolic OH excluding ortho intramolecular Hbond substituents is 1. The number of aromatic nitrogens is 7. The number of para-hydroxylation sites is 1. The number of fused-ring (bicyclic) bond motifs is 8. The maximum atomic E-state index is 13.8. The van der Waals surface area contributed by atoms with E-state index in [-0.39, 0.29) is 18.1 Å².